The summed E-state index contributed by atoms with van der Waals surface area (Å²) in [5, 5.41) is 4.41. The molecule has 4 aromatic rings. The molecule has 3 aromatic heterocycles. The average Bonchev–Trinajstić information content (AvgIpc) is 3.29. The van der Waals surface area contributed by atoms with Gasteiger partial charge in [0, 0.05) is 36.8 Å². The molecule has 0 amide bonds. The highest BCUT2D eigenvalue weighted by Crippen LogP contribution is 2.31. The minimum absolute atomic E-state index is 0.261. The molecule has 0 spiro atoms. The number of aromatic nitrogens is 4. The first-order valence-corrected chi connectivity index (χ1v) is 10.4. The number of hydrogen-bond donors (Lipinski definition) is 0. The van der Waals surface area contributed by atoms with Gasteiger partial charge in [0.05, 0.1) is 16.8 Å². The van der Waals surface area contributed by atoms with Crippen LogP contribution >= 0.6 is 0 Å². The number of aryl methyl sites for hydroxylation is 3. The zero-order valence-electron chi connectivity index (χ0n) is 16.2. The van der Waals surface area contributed by atoms with Crippen molar-refractivity contribution in [3.63, 3.8) is 0 Å². The standard InChI is InChI=1S/C21H19FN4O2S/c1-14-4-7-20(15(2)10-14)29(27,28)26-9-8-16(12-26)18-13-25(3)24-21(18)19-6-5-17(22)11-23-19/h4-13H,1-3H3. The van der Waals surface area contributed by atoms with E-state index in [0.717, 1.165) is 11.8 Å². The van der Waals surface area contributed by atoms with Crippen LogP contribution in [0.3, 0.4) is 0 Å². The van der Waals surface area contributed by atoms with Gasteiger partial charge in [-0.1, -0.05) is 17.7 Å². The van der Waals surface area contributed by atoms with Crippen molar-refractivity contribution in [3.8, 4) is 22.5 Å². The van der Waals surface area contributed by atoms with Gasteiger partial charge in [0.25, 0.3) is 10.0 Å². The molecule has 8 heteroatoms. The number of nitrogens with zero attached hydrogens (tertiary/aromatic N) is 4. The highest BCUT2D eigenvalue weighted by atomic mass is 32.2. The van der Waals surface area contributed by atoms with Crippen LogP contribution in [-0.4, -0.2) is 27.2 Å². The first kappa shape index (κ1) is 19.1. The molecule has 3 heterocycles. The maximum atomic E-state index is 13.2. The van der Waals surface area contributed by atoms with Gasteiger partial charge in [-0.25, -0.2) is 16.8 Å². The quantitative estimate of drug-likeness (QED) is 0.511. The normalized spacial score (nSPS) is 11.7. The molecular formula is C21H19FN4O2S. The molecule has 0 unspecified atom stereocenters. The van der Waals surface area contributed by atoms with Crippen LogP contribution in [0.1, 0.15) is 11.1 Å². The number of hydrogen-bond acceptors (Lipinski definition) is 4. The summed E-state index contributed by atoms with van der Waals surface area (Å²) in [5.74, 6) is -0.433. The lowest BCUT2D eigenvalue weighted by molar-refractivity contribution is 0.587. The summed E-state index contributed by atoms with van der Waals surface area (Å²) in [6, 6.07) is 9.82. The van der Waals surface area contributed by atoms with E-state index in [1.807, 2.05) is 13.0 Å². The van der Waals surface area contributed by atoms with E-state index >= 15 is 0 Å². The van der Waals surface area contributed by atoms with E-state index in [1.165, 1.54) is 16.2 Å². The molecule has 0 radical (unpaired) electrons. The molecule has 0 fully saturated rings. The first-order chi connectivity index (χ1) is 13.8. The molecule has 4 rings (SSSR count). The second-order valence-corrected chi connectivity index (χ2v) is 8.74. The lowest BCUT2D eigenvalue weighted by Gasteiger charge is -2.09. The molecule has 0 saturated carbocycles. The Kier molecular flexibility index (Phi) is 4.58. The second-order valence-electron chi connectivity index (χ2n) is 6.93. The summed E-state index contributed by atoms with van der Waals surface area (Å²) in [4.78, 5) is 4.36. The zero-order valence-corrected chi connectivity index (χ0v) is 17.0. The number of halogens is 1. The van der Waals surface area contributed by atoms with E-state index in [-0.39, 0.29) is 4.90 Å². The summed E-state index contributed by atoms with van der Waals surface area (Å²) >= 11 is 0. The van der Waals surface area contributed by atoms with Crippen molar-refractivity contribution in [2.75, 3.05) is 0 Å². The Balaban J connectivity index is 1.78. The minimum atomic E-state index is -3.73. The Hall–Kier alpha value is -3.26. The van der Waals surface area contributed by atoms with E-state index in [0.29, 0.717) is 28.1 Å². The Morgan fingerprint density at radius 3 is 2.52 bits per heavy atom. The van der Waals surface area contributed by atoms with E-state index in [4.69, 9.17) is 0 Å². The summed E-state index contributed by atoms with van der Waals surface area (Å²) in [6.07, 6.45) is 5.98. The molecule has 0 aliphatic carbocycles. The van der Waals surface area contributed by atoms with Crippen molar-refractivity contribution in [2.24, 2.45) is 7.05 Å². The van der Waals surface area contributed by atoms with Gasteiger partial charge in [0.15, 0.2) is 0 Å². The number of rotatable bonds is 4. The Labute approximate surface area is 168 Å². The summed E-state index contributed by atoms with van der Waals surface area (Å²) < 4.78 is 42.2. The predicted octanol–water partition coefficient (Wildman–Crippen LogP) is 3.94. The van der Waals surface area contributed by atoms with Gasteiger partial charge in [-0.2, -0.15) is 5.10 Å². The van der Waals surface area contributed by atoms with Crippen molar-refractivity contribution in [1.29, 1.82) is 0 Å². The molecule has 0 aliphatic heterocycles. The summed E-state index contributed by atoms with van der Waals surface area (Å²) in [5.41, 5.74) is 4.13. The molecular weight excluding hydrogens is 391 g/mol. The smallest absolute Gasteiger partial charge is 0.267 e. The minimum Gasteiger partial charge on any atom is -0.274 e. The number of benzene rings is 1. The third-order valence-corrected chi connectivity index (χ3v) is 6.46. The van der Waals surface area contributed by atoms with Crippen LogP contribution in [0, 0.1) is 19.7 Å². The van der Waals surface area contributed by atoms with Gasteiger partial charge in [0.2, 0.25) is 0 Å². The second kappa shape index (κ2) is 6.97. The van der Waals surface area contributed by atoms with Crippen LogP contribution in [0.15, 0.2) is 66.1 Å². The predicted molar refractivity (Wildman–Crippen MR) is 108 cm³/mol. The zero-order chi connectivity index (χ0) is 20.8. The maximum absolute atomic E-state index is 13.2. The van der Waals surface area contributed by atoms with Crippen molar-refractivity contribution in [1.82, 2.24) is 18.7 Å². The summed E-state index contributed by atoms with van der Waals surface area (Å²) in [6.45, 7) is 3.70. The van der Waals surface area contributed by atoms with Crippen molar-refractivity contribution in [3.05, 3.63) is 78.1 Å². The van der Waals surface area contributed by atoms with Crippen LogP contribution in [0.25, 0.3) is 22.5 Å². The SMILES string of the molecule is Cc1ccc(S(=O)(=O)n2ccc(-c3cn(C)nc3-c3ccc(F)cn3)c2)c(C)c1. The van der Waals surface area contributed by atoms with Crippen molar-refractivity contribution >= 4 is 10.0 Å². The van der Waals surface area contributed by atoms with Gasteiger partial charge in [0.1, 0.15) is 11.5 Å². The molecule has 0 saturated heterocycles. The molecule has 148 valence electrons. The Bertz CT molecular complexity index is 1300. The van der Waals surface area contributed by atoms with Crippen LogP contribution in [0.5, 0.6) is 0 Å². The third-order valence-electron chi connectivity index (χ3n) is 4.66. The van der Waals surface area contributed by atoms with Gasteiger partial charge in [-0.15, -0.1) is 0 Å². The van der Waals surface area contributed by atoms with E-state index in [1.54, 1.807) is 55.3 Å². The monoisotopic (exact) mass is 410 g/mol. The lowest BCUT2D eigenvalue weighted by atomic mass is 10.1. The maximum Gasteiger partial charge on any atom is 0.267 e. The van der Waals surface area contributed by atoms with Gasteiger partial charge in [-0.3, -0.25) is 9.67 Å². The molecule has 29 heavy (non-hydrogen) atoms. The highest BCUT2D eigenvalue weighted by Gasteiger charge is 2.21. The first-order valence-electron chi connectivity index (χ1n) is 8.92. The average molecular weight is 410 g/mol. The van der Waals surface area contributed by atoms with Crippen LogP contribution < -0.4 is 0 Å². The molecule has 0 bridgehead atoms. The van der Waals surface area contributed by atoms with Crippen molar-refractivity contribution in [2.45, 2.75) is 18.7 Å². The molecule has 0 N–H and O–H groups in total. The molecule has 6 nitrogen and oxygen atoms in total. The largest absolute Gasteiger partial charge is 0.274 e. The Morgan fingerprint density at radius 2 is 1.83 bits per heavy atom. The van der Waals surface area contributed by atoms with Crippen LogP contribution in [-0.2, 0) is 17.1 Å². The Morgan fingerprint density at radius 1 is 1.03 bits per heavy atom. The fraction of sp³-hybridized carbons (Fsp3) is 0.143. The van der Waals surface area contributed by atoms with Gasteiger partial charge < -0.3 is 0 Å². The molecule has 0 aliphatic rings. The number of pyridine rings is 1. The third kappa shape index (κ3) is 3.47. The van der Waals surface area contributed by atoms with Crippen LogP contribution in [0.2, 0.25) is 0 Å². The summed E-state index contributed by atoms with van der Waals surface area (Å²) in [7, 11) is -1.96. The molecule has 1 aromatic carbocycles. The van der Waals surface area contributed by atoms with Gasteiger partial charge >= 0.3 is 0 Å². The van der Waals surface area contributed by atoms with E-state index < -0.39 is 15.8 Å². The van der Waals surface area contributed by atoms with E-state index in [2.05, 4.69) is 10.1 Å². The van der Waals surface area contributed by atoms with Crippen LogP contribution in [0.4, 0.5) is 4.39 Å². The van der Waals surface area contributed by atoms with Gasteiger partial charge in [-0.05, 0) is 43.7 Å². The fourth-order valence-corrected chi connectivity index (χ4v) is 4.70. The lowest BCUT2D eigenvalue weighted by Crippen LogP contribution is -2.12. The molecule has 0 atom stereocenters. The topological polar surface area (TPSA) is 69.8 Å². The van der Waals surface area contributed by atoms with E-state index in [9.17, 15) is 12.8 Å². The highest BCUT2D eigenvalue weighted by molar-refractivity contribution is 7.90. The fourth-order valence-electron chi connectivity index (χ4n) is 3.29. The van der Waals surface area contributed by atoms with Crippen molar-refractivity contribution < 1.29 is 12.8 Å².